The van der Waals surface area contributed by atoms with Gasteiger partial charge in [-0.25, -0.2) is 14.4 Å². The molecule has 1 saturated heterocycles. The van der Waals surface area contributed by atoms with Crippen LogP contribution >= 0.6 is 11.6 Å². The molecule has 1 atom stereocenters. The maximum Gasteiger partial charge on any atom is 0.490 e. The number of para-hydroxylation sites is 2. The van der Waals surface area contributed by atoms with E-state index in [2.05, 4.69) is 10.2 Å². The third-order valence-corrected chi connectivity index (χ3v) is 6.66. The van der Waals surface area contributed by atoms with Crippen molar-refractivity contribution in [2.75, 3.05) is 31.6 Å². The monoisotopic (exact) mass is 658 g/mol. The third-order valence-electron chi connectivity index (χ3n) is 6.42. The number of hydrogen-bond donors (Lipinski definition) is 5. The molecule has 0 aliphatic carbocycles. The molecular weight excluding hydrogens is 630 g/mol. The number of rotatable bonds is 6. The maximum atomic E-state index is 11.2. The van der Waals surface area contributed by atoms with Crippen molar-refractivity contribution >= 4 is 35.3 Å². The molecule has 1 fully saturated rings. The lowest BCUT2D eigenvalue weighted by molar-refractivity contribution is -0.193. The molecule has 2 aliphatic heterocycles. The Morgan fingerprint density at radius 3 is 2.07 bits per heavy atom. The highest BCUT2D eigenvalue weighted by Gasteiger charge is 2.43. The molecule has 2 aromatic carbocycles. The molecule has 44 heavy (non-hydrogen) atoms. The van der Waals surface area contributed by atoms with Gasteiger partial charge < -0.3 is 36.5 Å². The van der Waals surface area contributed by atoms with Crippen molar-refractivity contribution in [1.29, 1.82) is 0 Å². The number of amides is 2. The van der Waals surface area contributed by atoms with Crippen LogP contribution in [0.3, 0.4) is 0 Å². The fourth-order valence-electron chi connectivity index (χ4n) is 4.31. The number of aliphatic carboxylic acids is 2. The molecule has 2 aromatic rings. The fourth-order valence-corrected chi connectivity index (χ4v) is 4.51. The molecule has 7 N–H and O–H groups in total. The van der Waals surface area contributed by atoms with Crippen molar-refractivity contribution in [3.05, 3.63) is 53.1 Å². The van der Waals surface area contributed by atoms with Gasteiger partial charge in [-0.1, -0.05) is 23.7 Å². The minimum atomic E-state index is -5.08. The van der Waals surface area contributed by atoms with Crippen LogP contribution in [0.2, 0.25) is 5.02 Å². The van der Waals surface area contributed by atoms with Gasteiger partial charge in [0.25, 0.3) is 0 Å². The summed E-state index contributed by atoms with van der Waals surface area (Å²) in [4.78, 5) is 31.3. The summed E-state index contributed by atoms with van der Waals surface area (Å²) in [5.41, 5.74) is 12.9. The number of alkyl halides is 6. The van der Waals surface area contributed by atoms with Gasteiger partial charge in [0.1, 0.15) is 23.7 Å². The van der Waals surface area contributed by atoms with Gasteiger partial charge in [0.2, 0.25) is 0 Å². The second kappa shape index (κ2) is 15.2. The van der Waals surface area contributed by atoms with Crippen LogP contribution in [0.25, 0.3) is 0 Å². The highest BCUT2D eigenvalue weighted by Crippen LogP contribution is 2.42. The summed E-state index contributed by atoms with van der Waals surface area (Å²) in [5.74, 6) is -3.99. The largest absolute Gasteiger partial charge is 0.490 e. The molecule has 0 saturated carbocycles. The first-order valence-corrected chi connectivity index (χ1v) is 13.0. The van der Waals surface area contributed by atoms with E-state index in [0.29, 0.717) is 24.6 Å². The number of ether oxygens (including phenoxy) is 2. The van der Waals surface area contributed by atoms with E-state index in [-0.39, 0.29) is 11.6 Å². The number of nitrogens with one attached hydrogen (secondary N) is 1. The molecule has 0 bridgehead atoms. The van der Waals surface area contributed by atoms with E-state index in [1.165, 1.54) is 5.56 Å². The van der Waals surface area contributed by atoms with Crippen molar-refractivity contribution in [2.45, 2.75) is 43.3 Å². The van der Waals surface area contributed by atoms with Gasteiger partial charge >= 0.3 is 30.3 Å². The summed E-state index contributed by atoms with van der Waals surface area (Å²) in [7, 11) is 0. The lowest BCUT2D eigenvalue weighted by Crippen LogP contribution is -2.53. The SMILES string of the molecule is NCC(COc1ccccc1NC(N)=O)N1CCC2(CC1)Cc1cc(Cl)ccc1O2.O=C(O)C(F)(F)F.O=C(O)C(F)(F)F. The maximum absolute atomic E-state index is 11.2. The number of halogens is 7. The van der Waals surface area contributed by atoms with Crippen LogP contribution in [0.4, 0.5) is 36.8 Å². The number of nitrogens with two attached hydrogens (primary N) is 2. The molecule has 2 amide bonds. The zero-order valence-electron chi connectivity index (χ0n) is 22.8. The number of carbonyl (C=O) groups excluding carboxylic acids is 1. The number of likely N-dealkylation sites (tertiary alicyclic amines) is 1. The first-order chi connectivity index (χ1) is 20.4. The number of carboxylic acids is 2. The number of carboxylic acid groups (broad SMARTS) is 2. The Morgan fingerprint density at radius 2 is 1.57 bits per heavy atom. The molecule has 1 spiro atoms. The van der Waals surface area contributed by atoms with Crippen molar-refractivity contribution in [1.82, 2.24) is 4.90 Å². The Balaban J connectivity index is 0.000000402. The van der Waals surface area contributed by atoms with Crippen LogP contribution in [-0.4, -0.2) is 83.3 Å². The average molecular weight is 659 g/mol. The summed E-state index contributed by atoms with van der Waals surface area (Å²) in [6, 6.07) is 12.5. The van der Waals surface area contributed by atoms with Crippen molar-refractivity contribution in [3.8, 4) is 11.5 Å². The van der Waals surface area contributed by atoms with E-state index in [1.807, 2.05) is 30.3 Å². The van der Waals surface area contributed by atoms with Gasteiger partial charge in [-0.15, -0.1) is 0 Å². The quantitative estimate of drug-likeness (QED) is 0.284. The zero-order valence-corrected chi connectivity index (χ0v) is 23.5. The molecule has 18 heteroatoms. The number of benzene rings is 2. The predicted molar refractivity (Wildman–Crippen MR) is 145 cm³/mol. The van der Waals surface area contributed by atoms with Gasteiger partial charge in [-0.3, -0.25) is 4.90 Å². The molecule has 244 valence electrons. The summed E-state index contributed by atoms with van der Waals surface area (Å²) in [6.45, 7) is 2.68. The normalized spacial score (nSPS) is 16.2. The van der Waals surface area contributed by atoms with E-state index in [4.69, 9.17) is 52.3 Å². The lowest BCUT2D eigenvalue weighted by Gasteiger charge is -2.41. The Morgan fingerprint density at radius 1 is 1.02 bits per heavy atom. The van der Waals surface area contributed by atoms with Gasteiger partial charge in [0.15, 0.2) is 0 Å². The minimum Gasteiger partial charge on any atom is -0.490 e. The second-order valence-corrected chi connectivity index (χ2v) is 9.98. The zero-order chi connectivity index (χ0) is 33.3. The standard InChI is InChI=1S/C22H27ClN4O3.2C2HF3O2/c23-16-5-6-19-15(11-16)12-22(30-19)7-9-27(10-8-22)17(13-24)14-29-20-4-2-1-3-18(20)26-21(25)28;2*3-2(4,5)1(6)7/h1-6,11,17H,7-10,12-14,24H2,(H3,25,26,28);2*(H,6,7). The number of hydrogen-bond acceptors (Lipinski definition) is 7. The molecule has 0 radical (unpaired) electrons. The number of nitrogens with zero attached hydrogens (tertiary/aromatic N) is 1. The smallest absolute Gasteiger partial charge is 0.490 e. The molecule has 11 nitrogen and oxygen atoms in total. The predicted octanol–water partition coefficient (Wildman–Crippen LogP) is 4.27. The number of fused-ring (bicyclic) bond motifs is 1. The van der Waals surface area contributed by atoms with Crippen LogP contribution in [0.5, 0.6) is 11.5 Å². The van der Waals surface area contributed by atoms with Crippen LogP contribution in [0.15, 0.2) is 42.5 Å². The number of piperidine rings is 1. The van der Waals surface area contributed by atoms with E-state index < -0.39 is 30.3 Å². The van der Waals surface area contributed by atoms with Crippen molar-refractivity contribution < 1.29 is 60.4 Å². The van der Waals surface area contributed by atoms with Crippen LogP contribution in [0, 0.1) is 0 Å². The summed E-state index contributed by atoms with van der Waals surface area (Å²) < 4.78 is 75.8. The van der Waals surface area contributed by atoms with Crippen LogP contribution < -0.4 is 26.3 Å². The fraction of sp³-hybridized carbons (Fsp3) is 0.423. The van der Waals surface area contributed by atoms with E-state index in [0.717, 1.165) is 43.1 Å². The Kier molecular flexibility index (Phi) is 12.5. The van der Waals surface area contributed by atoms with Crippen LogP contribution in [-0.2, 0) is 16.0 Å². The number of urea groups is 1. The minimum absolute atomic E-state index is 0.0715. The first-order valence-electron chi connectivity index (χ1n) is 12.7. The van der Waals surface area contributed by atoms with Gasteiger partial charge in [-0.05, 0) is 35.9 Å². The topological polar surface area (TPSA) is 177 Å². The Labute approximate surface area is 251 Å². The average Bonchev–Trinajstić information content (AvgIpc) is 3.26. The van der Waals surface area contributed by atoms with Crippen LogP contribution in [0.1, 0.15) is 18.4 Å². The lowest BCUT2D eigenvalue weighted by atomic mass is 9.86. The Hall–Kier alpha value is -3.96. The Bertz CT molecular complexity index is 1280. The molecule has 2 aliphatic rings. The molecule has 2 heterocycles. The van der Waals surface area contributed by atoms with E-state index in [1.54, 1.807) is 12.1 Å². The summed E-state index contributed by atoms with van der Waals surface area (Å²) in [5, 5.41) is 17.6. The first kappa shape index (κ1) is 36.2. The summed E-state index contributed by atoms with van der Waals surface area (Å²) >= 11 is 6.14. The third kappa shape index (κ3) is 10.9. The van der Waals surface area contributed by atoms with Crippen molar-refractivity contribution in [2.24, 2.45) is 11.5 Å². The number of anilines is 1. The second-order valence-electron chi connectivity index (χ2n) is 9.54. The highest BCUT2D eigenvalue weighted by molar-refractivity contribution is 6.30. The van der Waals surface area contributed by atoms with E-state index in [9.17, 15) is 31.1 Å². The molecule has 1 unspecified atom stereocenters. The van der Waals surface area contributed by atoms with E-state index >= 15 is 0 Å². The summed E-state index contributed by atoms with van der Waals surface area (Å²) in [6.07, 6.45) is -7.42. The van der Waals surface area contributed by atoms with Gasteiger partial charge in [0, 0.05) is 43.9 Å². The molecule has 4 rings (SSSR count). The molecular formula is C26H29ClF6N4O7. The van der Waals surface area contributed by atoms with Gasteiger partial charge in [-0.2, -0.15) is 26.3 Å². The van der Waals surface area contributed by atoms with Gasteiger partial charge in [0.05, 0.1) is 11.7 Å². The molecule has 0 aromatic heterocycles. The highest BCUT2D eigenvalue weighted by atomic mass is 35.5. The van der Waals surface area contributed by atoms with Crippen molar-refractivity contribution in [3.63, 3.8) is 0 Å². The number of carbonyl (C=O) groups is 3. The number of primary amides is 1.